The van der Waals surface area contributed by atoms with E-state index in [9.17, 15) is 14.7 Å². The topological polar surface area (TPSA) is 86.6 Å². The lowest BCUT2D eigenvalue weighted by Gasteiger charge is -2.51. The molecule has 1 atom stereocenters. The van der Waals surface area contributed by atoms with Gasteiger partial charge in [0.15, 0.2) is 0 Å². The molecule has 0 aromatic carbocycles. The maximum Gasteiger partial charge on any atom is 0.228 e. The predicted molar refractivity (Wildman–Crippen MR) is 91.4 cm³/mol. The summed E-state index contributed by atoms with van der Waals surface area (Å²) in [4.78, 5) is 36.0. The number of nitrogens with zero attached hydrogens (tertiary/aromatic N) is 4. The van der Waals surface area contributed by atoms with E-state index in [1.807, 2.05) is 9.80 Å². The zero-order valence-corrected chi connectivity index (χ0v) is 14.7. The lowest BCUT2D eigenvalue weighted by molar-refractivity contribution is -0.139. The number of likely N-dealkylation sites (tertiary alicyclic amines) is 2. The minimum Gasteiger partial charge on any atom is -0.396 e. The highest BCUT2D eigenvalue weighted by atomic mass is 16.3. The lowest BCUT2D eigenvalue weighted by atomic mass is 9.64. The standard InChI is InChI=1S/C18H26N4O3/c1-14(24)21-7-2-18(3-8-21)4-9-22(12-15(18)13-23)17(25)10-16-11-19-5-6-20-16/h5-6,11,15,23H,2-4,7-10,12-13H2,1H3. The number of aliphatic hydroxyl groups is 1. The van der Waals surface area contributed by atoms with Crippen LogP contribution in [0.2, 0.25) is 0 Å². The minimum atomic E-state index is 0.0370. The molecule has 7 nitrogen and oxygen atoms in total. The van der Waals surface area contributed by atoms with Gasteiger partial charge in [-0.25, -0.2) is 0 Å². The highest BCUT2D eigenvalue weighted by Gasteiger charge is 2.45. The first-order chi connectivity index (χ1) is 12.0. The Kier molecular flexibility index (Phi) is 5.32. The summed E-state index contributed by atoms with van der Waals surface area (Å²) < 4.78 is 0. The monoisotopic (exact) mass is 346 g/mol. The molecule has 3 heterocycles. The van der Waals surface area contributed by atoms with Crippen molar-refractivity contribution in [3.05, 3.63) is 24.3 Å². The summed E-state index contributed by atoms with van der Waals surface area (Å²) >= 11 is 0. The Balaban J connectivity index is 1.62. The number of aromatic nitrogens is 2. The molecule has 3 rings (SSSR count). The fraction of sp³-hybridized carbons (Fsp3) is 0.667. The van der Waals surface area contributed by atoms with E-state index < -0.39 is 0 Å². The van der Waals surface area contributed by atoms with Crippen LogP contribution in [0, 0.1) is 11.3 Å². The van der Waals surface area contributed by atoms with Gasteiger partial charge in [-0.2, -0.15) is 0 Å². The maximum atomic E-state index is 12.6. The zero-order valence-electron chi connectivity index (χ0n) is 14.7. The molecule has 1 spiro atoms. The van der Waals surface area contributed by atoms with E-state index in [0.29, 0.717) is 18.8 Å². The average Bonchev–Trinajstić information content (AvgIpc) is 2.63. The number of piperidine rings is 2. The highest BCUT2D eigenvalue weighted by Crippen LogP contribution is 2.45. The lowest BCUT2D eigenvalue weighted by Crippen LogP contribution is -2.55. The molecular formula is C18H26N4O3. The van der Waals surface area contributed by atoms with Crippen molar-refractivity contribution in [2.45, 2.75) is 32.6 Å². The molecule has 25 heavy (non-hydrogen) atoms. The Hall–Kier alpha value is -2.02. The molecular weight excluding hydrogens is 320 g/mol. The first-order valence-electron chi connectivity index (χ1n) is 8.93. The first-order valence-corrected chi connectivity index (χ1v) is 8.93. The van der Waals surface area contributed by atoms with Crippen molar-refractivity contribution >= 4 is 11.8 Å². The van der Waals surface area contributed by atoms with Gasteiger partial charge < -0.3 is 14.9 Å². The smallest absolute Gasteiger partial charge is 0.228 e. The molecule has 136 valence electrons. The molecule has 7 heteroatoms. The van der Waals surface area contributed by atoms with Crippen LogP contribution in [0.3, 0.4) is 0 Å². The maximum absolute atomic E-state index is 12.6. The van der Waals surface area contributed by atoms with Gasteiger partial charge in [-0.3, -0.25) is 19.6 Å². The van der Waals surface area contributed by atoms with Crippen molar-refractivity contribution in [1.29, 1.82) is 0 Å². The normalized spacial score (nSPS) is 22.9. The van der Waals surface area contributed by atoms with E-state index in [1.54, 1.807) is 25.5 Å². The predicted octanol–water partition coefficient (Wildman–Crippen LogP) is 0.489. The highest BCUT2D eigenvalue weighted by molar-refractivity contribution is 5.78. The van der Waals surface area contributed by atoms with Crippen molar-refractivity contribution in [2.24, 2.45) is 11.3 Å². The summed E-state index contributed by atoms with van der Waals surface area (Å²) in [6.07, 6.45) is 7.74. The van der Waals surface area contributed by atoms with E-state index in [2.05, 4.69) is 9.97 Å². The van der Waals surface area contributed by atoms with Gasteiger partial charge in [0, 0.05) is 64.2 Å². The van der Waals surface area contributed by atoms with Crippen LogP contribution in [-0.2, 0) is 16.0 Å². The quantitative estimate of drug-likeness (QED) is 0.861. The molecule has 1 N–H and O–H groups in total. The molecule has 2 aliphatic rings. The molecule has 0 bridgehead atoms. The van der Waals surface area contributed by atoms with Crippen molar-refractivity contribution in [1.82, 2.24) is 19.8 Å². The third-order valence-electron chi connectivity index (χ3n) is 5.91. The van der Waals surface area contributed by atoms with Crippen molar-refractivity contribution in [3.8, 4) is 0 Å². The van der Waals surface area contributed by atoms with Crippen LogP contribution in [0.5, 0.6) is 0 Å². The Bertz CT molecular complexity index is 614. The summed E-state index contributed by atoms with van der Waals surface area (Å²) in [6.45, 7) is 4.47. The zero-order chi connectivity index (χ0) is 17.9. The number of amides is 2. The van der Waals surface area contributed by atoms with Crippen molar-refractivity contribution in [3.63, 3.8) is 0 Å². The Morgan fingerprint density at radius 3 is 2.44 bits per heavy atom. The summed E-state index contributed by atoms with van der Waals surface area (Å²) in [7, 11) is 0. The Morgan fingerprint density at radius 2 is 1.88 bits per heavy atom. The van der Waals surface area contributed by atoms with Crippen LogP contribution in [0.1, 0.15) is 31.9 Å². The van der Waals surface area contributed by atoms with E-state index in [1.165, 1.54) is 0 Å². The number of rotatable bonds is 3. The van der Waals surface area contributed by atoms with Gasteiger partial charge in [0.1, 0.15) is 0 Å². The SMILES string of the molecule is CC(=O)N1CCC2(CC1)CCN(C(=O)Cc1cnccn1)CC2CO. The second kappa shape index (κ2) is 7.47. The molecule has 2 fully saturated rings. The number of hydrogen-bond acceptors (Lipinski definition) is 5. The van der Waals surface area contributed by atoms with Gasteiger partial charge >= 0.3 is 0 Å². The number of carbonyl (C=O) groups is 2. The fourth-order valence-electron chi connectivity index (χ4n) is 4.20. The van der Waals surface area contributed by atoms with Crippen LogP contribution in [0.25, 0.3) is 0 Å². The van der Waals surface area contributed by atoms with E-state index >= 15 is 0 Å². The molecule has 2 saturated heterocycles. The number of hydrogen-bond donors (Lipinski definition) is 1. The van der Waals surface area contributed by atoms with Gasteiger partial charge in [-0.05, 0) is 24.7 Å². The third kappa shape index (κ3) is 3.81. The Labute approximate surface area is 148 Å². The summed E-state index contributed by atoms with van der Waals surface area (Å²) in [5.41, 5.74) is 0.715. The summed E-state index contributed by atoms with van der Waals surface area (Å²) in [6, 6.07) is 0. The molecule has 0 aliphatic carbocycles. The Morgan fingerprint density at radius 1 is 1.20 bits per heavy atom. The summed E-state index contributed by atoms with van der Waals surface area (Å²) in [5, 5.41) is 9.93. The second-order valence-corrected chi connectivity index (χ2v) is 7.21. The van der Waals surface area contributed by atoms with E-state index in [4.69, 9.17) is 0 Å². The molecule has 0 saturated carbocycles. The van der Waals surface area contributed by atoms with Crippen LogP contribution in [0.15, 0.2) is 18.6 Å². The van der Waals surface area contributed by atoms with Crippen molar-refractivity contribution in [2.75, 3.05) is 32.8 Å². The molecule has 2 aliphatic heterocycles. The van der Waals surface area contributed by atoms with Gasteiger partial charge in [0.2, 0.25) is 11.8 Å². The van der Waals surface area contributed by atoms with Crippen LogP contribution >= 0.6 is 0 Å². The molecule has 1 unspecified atom stereocenters. The number of carbonyl (C=O) groups excluding carboxylic acids is 2. The largest absolute Gasteiger partial charge is 0.396 e. The van der Waals surface area contributed by atoms with E-state index in [0.717, 1.165) is 32.4 Å². The average molecular weight is 346 g/mol. The molecule has 1 aromatic heterocycles. The minimum absolute atomic E-state index is 0.0370. The van der Waals surface area contributed by atoms with Gasteiger partial charge in [0.25, 0.3) is 0 Å². The number of aliphatic hydroxyl groups excluding tert-OH is 1. The van der Waals surface area contributed by atoms with Gasteiger partial charge in [0.05, 0.1) is 12.1 Å². The first kappa shape index (κ1) is 17.8. The second-order valence-electron chi connectivity index (χ2n) is 7.21. The van der Waals surface area contributed by atoms with Crippen molar-refractivity contribution < 1.29 is 14.7 Å². The van der Waals surface area contributed by atoms with Crippen LogP contribution in [0.4, 0.5) is 0 Å². The van der Waals surface area contributed by atoms with E-state index in [-0.39, 0.29) is 36.2 Å². The van der Waals surface area contributed by atoms with Gasteiger partial charge in [-0.1, -0.05) is 0 Å². The fourth-order valence-corrected chi connectivity index (χ4v) is 4.20. The third-order valence-corrected chi connectivity index (χ3v) is 5.91. The van der Waals surface area contributed by atoms with Crippen LogP contribution in [-0.4, -0.2) is 69.5 Å². The molecule has 1 aromatic rings. The van der Waals surface area contributed by atoms with Crippen LogP contribution < -0.4 is 0 Å². The molecule has 0 radical (unpaired) electrons. The molecule has 2 amide bonds. The van der Waals surface area contributed by atoms with Gasteiger partial charge in [-0.15, -0.1) is 0 Å². The summed E-state index contributed by atoms with van der Waals surface area (Å²) in [5.74, 6) is 0.225.